The highest BCUT2D eigenvalue weighted by Gasteiger charge is 2.08. The highest BCUT2D eigenvalue weighted by Crippen LogP contribution is 2.08. The van der Waals surface area contributed by atoms with Crippen molar-refractivity contribution >= 4 is 18.3 Å². The molecule has 0 saturated carbocycles. The van der Waals surface area contributed by atoms with Crippen LogP contribution in [0, 0.1) is 12.7 Å². The molecular formula is C13H20ClFN2O. The van der Waals surface area contributed by atoms with Gasteiger partial charge in [-0.05, 0) is 38.1 Å². The first-order chi connectivity index (χ1) is 8.04. The average Bonchev–Trinajstić information content (AvgIpc) is 2.30. The van der Waals surface area contributed by atoms with Crippen molar-refractivity contribution in [1.29, 1.82) is 0 Å². The molecule has 0 saturated heterocycles. The van der Waals surface area contributed by atoms with Crippen molar-refractivity contribution in [2.75, 3.05) is 13.1 Å². The van der Waals surface area contributed by atoms with Gasteiger partial charge in [-0.2, -0.15) is 0 Å². The van der Waals surface area contributed by atoms with Crippen molar-refractivity contribution in [3.8, 4) is 0 Å². The summed E-state index contributed by atoms with van der Waals surface area (Å²) in [5.74, 6) is -0.592. The predicted molar refractivity (Wildman–Crippen MR) is 73.9 cm³/mol. The SMILES string of the molecule is CCN[C@H](C)CNC(=O)c1ccc(C)c(F)c1.Cl. The zero-order chi connectivity index (χ0) is 12.8. The van der Waals surface area contributed by atoms with Gasteiger partial charge in [0.2, 0.25) is 0 Å². The van der Waals surface area contributed by atoms with Crippen molar-refractivity contribution in [2.45, 2.75) is 26.8 Å². The van der Waals surface area contributed by atoms with Crippen LogP contribution in [0.4, 0.5) is 4.39 Å². The van der Waals surface area contributed by atoms with Crippen molar-refractivity contribution < 1.29 is 9.18 Å². The molecule has 0 fully saturated rings. The van der Waals surface area contributed by atoms with Crippen LogP contribution >= 0.6 is 12.4 Å². The van der Waals surface area contributed by atoms with E-state index in [9.17, 15) is 9.18 Å². The van der Waals surface area contributed by atoms with Gasteiger partial charge >= 0.3 is 0 Å². The molecule has 5 heteroatoms. The molecule has 0 bridgehead atoms. The number of hydrogen-bond acceptors (Lipinski definition) is 2. The molecule has 102 valence electrons. The Labute approximate surface area is 114 Å². The fourth-order valence-corrected chi connectivity index (χ4v) is 1.50. The summed E-state index contributed by atoms with van der Waals surface area (Å²) in [6.07, 6.45) is 0. The summed E-state index contributed by atoms with van der Waals surface area (Å²) < 4.78 is 13.3. The molecule has 0 heterocycles. The van der Waals surface area contributed by atoms with Crippen molar-refractivity contribution in [2.24, 2.45) is 0 Å². The lowest BCUT2D eigenvalue weighted by atomic mass is 10.1. The summed E-state index contributed by atoms with van der Waals surface area (Å²) in [5.41, 5.74) is 0.902. The Hall–Kier alpha value is -1.13. The van der Waals surface area contributed by atoms with E-state index in [-0.39, 0.29) is 30.2 Å². The Morgan fingerprint density at radius 3 is 2.67 bits per heavy atom. The van der Waals surface area contributed by atoms with E-state index >= 15 is 0 Å². The Morgan fingerprint density at radius 2 is 2.11 bits per heavy atom. The maximum Gasteiger partial charge on any atom is 0.251 e. The van der Waals surface area contributed by atoms with Gasteiger partial charge in [-0.15, -0.1) is 12.4 Å². The van der Waals surface area contributed by atoms with E-state index in [1.807, 2.05) is 13.8 Å². The number of carbonyl (C=O) groups is 1. The largest absolute Gasteiger partial charge is 0.350 e. The Morgan fingerprint density at radius 1 is 1.44 bits per heavy atom. The molecule has 1 rings (SSSR count). The lowest BCUT2D eigenvalue weighted by Gasteiger charge is -2.13. The zero-order valence-corrected chi connectivity index (χ0v) is 11.7. The molecule has 18 heavy (non-hydrogen) atoms. The summed E-state index contributed by atoms with van der Waals surface area (Å²) in [6.45, 7) is 7.05. The molecule has 0 unspecified atom stereocenters. The van der Waals surface area contributed by atoms with Gasteiger partial charge in [0, 0.05) is 18.2 Å². The van der Waals surface area contributed by atoms with E-state index in [4.69, 9.17) is 0 Å². The second-order valence-electron chi connectivity index (χ2n) is 4.13. The normalized spacial score (nSPS) is 11.6. The lowest BCUT2D eigenvalue weighted by molar-refractivity contribution is 0.0950. The number of benzene rings is 1. The average molecular weight is 275 g/mol. The van der Waals surface area contributed by atoms with Gasteiger partial charge < -0.3 is 10.6 Å². The summed E-state index contributed by atoms with van der Waals surface area (Å²) in [7, 11) is 0. The second kappa shape index (κ2) is 8.06. The zero-order valence-electron chi connectivity index (χ0n) is 10.9. The molecule has 3 nitrogen and oxygen atoms in total. The molecule has 2 N–H and O–H groups in total. The van der Waals surface area contributed by atoms with E-state index in [2.05, 4.69) is 10.6 Å². The number of carbonyl (C=O) groups excluding carboxylic acids is 1. The topological polar surface area (TPSA) is 41.1 Å². The molecule has 1 amide bonds. The van der Waals surface area contributed by atoms with Crippen LogP contribution in [0.15, 0.2) is 18.2 Å². The lowest BCUT2D eigenvalue weighted by Crippen LogP contribution is -2.38. The van der Waals surface area contributed by atoms with Gasteiger partial charge in [0.05, 0.1) is 0 Å². The highest BCUT2D eigenvalue weighted by atomic mass is 35.5. The van der Waals surface area contributed by atoms with Gasteiger partial charge in [0.15, 0.2) is 0 Å². The van der Waals surface area contributed by atoms with Crippen molar-refractivity contribution in [3.05, 3.63) is 35.1 Å². The first-order valence-electron chi connectivity index (χ1n) is 5.82. The smallest absolute Gasteiger partial charge is 0.251 e. The van der Waals surface area contributed by atoms with Crippen molar-refractivity contribution in [3.63, 3.8) is 0 Å². The molecule has 1 aromatic rings. The Balaban J connectivity index is 0.00000289. The van der Waals surface area contributed by atoms with Crippen LogP contribution in [0.1, 0.15) is 29.8 Å². The van der Waals surface area contributed by atoms with Crippen LogP contribution in [0.2, 0.25) is 0 Å². The molecule has 0 radical (unpaired) electrons. The van der Waals surface area contributed by atoms with E-state index in [1.165, 1.54) is 6.07 Å². The summed E-state index contributed by atoms with van der Waals surface area (Å²) >= 11 is 0. The van der Waals surface area contributed by atoms with Gasteiger partial charge in [0.25, 0.3) is 5.91 Å². The van der Waals surface area contributed by atoms with Crippen molar-refractivity contribution in [1.82, 2.24) is 10.6 Å². The fourth-order valence-electron chi connectivity index (χ4n) is 1.50. The third kappa shape index (κ3) is 5.02. The third-order valence-electron chi connectivity index (χ3n) is 2.56. The van der Waals surface area contributed by atoms with Crippen LogP contribution in [0.25, 0.3) is 0 Å². The van der Waals surface area contributed by atoms with Crippen LogP contribution < -0.4 is 10.6 Å². The first-order valence-corrected chi connectivity index (χ1v) is 5.82. The number of hydrogen-bond donors (Lipinski definition) is 2. The molecule has 0 aliphatic carbocycles. The Kier molecular flexibility index (Phi) is 7.55. The maximum absolute atomic E-state index is 13.3. The van der Waals surface area contributed by atoms with E-state index in [1.54, 1.807) is 19.1 Å². The molecule has 0 aliphatic rings. The van der Waals surface area contributed by atoms with Crippen LogP contribution in [0.5, 0.6) is 0 Å². The van der Waals surface area contributed by atoms with E-state index < -0.39 is 0 Å². The quantitative estimate of drug-likeness (QED) is 0.865. The van der Waals surface area contributed by atoms with Gasteiger partial charge in [-0.1, -0.05) is 13.0 Å². The minimum Gasteiger partial charge on any atom is -0.350 e. The third-order valence-corrected chi connectivity index (χ3v) is 2.56. The number of halogens is 2. The summed E-state index contributed by atoms with van der Waals surface area (Å²) in [6, 6.07) is 4.71. The highest BCUT2D eigenvalue weighted by molar-refractivity contribution is 5.94. The molecule has 0 aliphatic heterocycles. The van der Waals surface area contributed by atoms with Gasteiger partial charge in [0.1, 0.15) is 5.82 Å². The molecule has 1 aromatic carbocycles. The molecule has 0 spiro atoms. The van der Waals surface area contributed by atoms with Gasteiger partial charge in [-0.25, -0.2) is 4.39 Å². The molecular weight excluding hydrogens is 255 g/mol. The second-order valence-corrected chi connectivity index (χ2v) is 4.13. The maximum atomic E-state index is 13.3. The Bertz CT molecular complexity index is 399. The summed E-state index contributed by atoms with van der Waals surface area (Å²) in [4.78, 5) is 11.7. The number of aryl methyl sites for hydroxylation is 1. The minimum atomic E-state index is -0.350. The minimum absolute atomic E-state index is 0. The van der Waals surface area contributed by atoms with Crippen LogP contribution in [0.3, 0.4) is 0 Å². The number of nitrogens with one attached hydrogen (secondary N) is 2. The number of likely N-dealkylation sites (N-methyl/N-ethyl adjacent to an activating group) is 1. The standard InChI is InChI=1S/C13H19FN2O.ClH/c1-4-15-10(3)8-16-13(17)11-6-5-9(2)12(14)7-11;/h5-7,10,15H,4,8H2,1-3H3,(H,16,17);1H/t10-;/m1./s1. The molecule has 0 aromatic heterocycles. The van der Waals surface area contributed by atoms with Crippen LogP contribution in [-0.2, 0) is 0 Å². The van der Waals surface area contributed by atoms with E-state index in [0.717, 1.165) is 6.54 Å². The van der Waals surface area contributed by atoms with Gasteiger partial charge in [-0.3, -0.25) is 4.79 Å². The predicted octanol–water partition coefficient (Wildman–Crippen LogP) is 2.28. The monoisotopic (exact) mass is 274 g/mol. The first kappa shape index (κ1) is 16.9. The fraction of sp³-hybridized carbons (Fsp3) is 0.462. The molecule has 1 atom stereocenters. The summed E-state index contributed by atoms with van der Waals surface area (Å²) in [5, 5.41) is 5.95. The van der Waals surface area contributed by atoms with E-state index in [0.29, 0.717) is 17.7 Å². The van der Waals surface area contributed by atoms with Crippen LogP contribution in [-0.4, -0.2) is 25.0 Å². The number of rotatable bonds is 5. The number of amides is 1.